The lowest BCUT2D eigenvalue weighted by Crippen LogP contribution is -2.32. The van der Waals surface area contributed by atoms with Crippen LogP contribution >= 0.6 is 0 Å². The minimum absolute atomic E-state index is 0.175. The third-order valence-electron chi connectivity index (χ3n) is 2.59. The number of rotatable bonds is 6. The summed E-state index contributed by atoms with van der Waals surface area (Å²) in [6, 6.07) is 2.93. The summed E-state index contributed by atoms with van der Waals surface area (Å²) in [5.74, 6) is -1.84. The molecule has 0 amide bonds. The molecular weight excluding hydrogens is 270 g/mol. The third kappa shape index (κ3) is 3.93. The van der Waals surface area contributed by atoms with E-state index in [-0.39, 0.29) is 10.9 Å². The summed E-state index contributed by atoms with van der Waals surface area (Å²) in [7, 11) is -3.78. The van der Waals surface area contributed by atoms with E-state index in [1.54, 1.807) is 6.92 Å². The first-order valence-corrected chi connectivity index (χ1v) is 7.35. The Kier molecular flexibility index (Phi) is 4.90. The lowest BCUT2D eigenvalue weighted by molar-refractivity contribution is 0.0693. The van der Waals surface area contributed by atoms with Gasteiger partial charge in [0.05, 0.1) is 4.90 Å². The molecule has 1 unspecified atom stereocenters. The number of aromatic hydroxyl groups is 1. The second-order valence-electron chi connectivity index (χ2n) is 4.30. The molecule has 0 saturated carbocycles. The molecule has 0 aliphatic carbocycles. The summed E-state index contributed by atoms with van der Waals surface area (Å²) in [4.78, 5) is 10.7. The van der Waals surface area contributed by atoms with Crippen molar-refractivity contribution in [3.63, 3.8) is 0 Å². The number of phenols is 1. The maximum atomic E-state index is 12.0. The lowest BCUT2D eigenvalue weighted by Gasteiger charge is -2.13. The Balaban J connectivity index is 3.08. The molecule has 3 N–H and O–H groups in total. The molecule has 0 aliphatic rings. The van der Waals surface area contributed by atoms with Gasteiger partial charge < -0.3 is 10.2 Å². The first kappa shape index (κ1) is 15.5. The van der Waals surface area contributed by atoms with Gasteiger partial charge in [-0.3, -0.25) is 0 Å². The van der Waals surface area contributed by atoms with Crippen molar-refractivity contribution in [3.8, 4) is 5.75 Å². The van der Waals surface area contributed by atoms with Gasteiger partial charge in [0.2, 0.25) is 10.0 Å². The number of carboxylic acids is 1. The monoisotopic (exact) mass is 287 g/mol. The molecule has 0 spiro atoms. The Bertz CT molecular complexity index is 567. The zero-order chi connectivity index (χ0) is 14.6. The fraction of sp³-hybridized carbons (Fsp3) is 0.417. The highest BCUT2D eigenvalue weighted by Gasteiger charge is 2.20. The van der Waals surface area contributed by atoms with Gasteiger partial charge in [0.15, 0.2) is 0 Å². The molecule has 106 valence electrons. The van der Waals surface area contributed by atoms with Crippen LogP contribution in [0.25, 0.3) is 0 Å². The van der Waals surface area contributed by atoms with Crippen LogP contribution in [0.15, 0.2) is 23.1 Å². The van der Waals surface area contributed by atoms with Crippen LogP contribution in [-0.2, 0) is 10.0 Å². The standard InChI is InChI=1S/C12H17NO5S/c1-3-4-8(2)13-19(17,18)9-5-6-11(14)10(7-9)12(15)16/h5-8,13-14H,3-4H2,1-2H3,(H,15,16). The molecule has 6 nitrogen and oxygen atoms in total. The highest BCUT2D eigenvalue weighted by molar-refractivity contribution is 7.89. The second kappa shape index (κ2) is 6.03. The van der Waals surface area contributed by atoms with E-state index in [0.717, 1.165) is 18.6 Å². The van der Waals surface area contributed by atoms with E-state index in [0.29, 0.717) is 6.42 Å². The lowest BCUT2D eigenvalue weighted by atomic mass is 10.2. The fourth-order valence-electron chi connectivity index (χ4n) is 1.68. The van der Waals surface area contributed by atoms with Crippen molar-refractivity contribution >= 4 is 16.0 Å². The Labute approximate surface area is 112 Å². The minimum Gasteiger partial charge on any atom is -0.507 e. The molecule has 19 heavy (non-hydrogen) atoms. The van der Waals surface area contributed by atoms with Gasteiger partial charge in [0.25, 0.3) is 0 Å². The molecule has 1 atom stereocenters. The van der Waals surface area contributed by atoms with Crippen LogP contribution in [0.5, 0.6) is 5.75 Å². The van der Waals surface area contributed by atoms with Crippen molar-refractivity contribution in [2.45, 2.75) is 37.6 Å². The van der Waals surface area contributed by atoms with Gasteiger partial charge >= 0.3 is 5.97 Å². The number of hydrogen-bond acceptors (Lipinski definition) is 4. The van der Waals surface area contributed by atoms with Crippen molar-refractivity contribution in [2.75, 3.05) is 0 Å². The quantitative estimate of drug-likeness (QED) is 0.736. The highest BCUT2D eigenvalue weighted by Crippen LogP contribution is 2.21. The van der Waals surface area contributed by atoms with E-state index in [1.807, 2.05) is 6.92 Å². The molecule has 1 rings (SSSR count). The van der Waals surface area contributed by atoms with Crippen LogP contribution < -0.4 is 4.72 Å². The number of nitrogens with one attached hydrogen (secondary N) is 1. The van der Waals surface area contributed by atoms with Crippen LogP contribution in [0.2, 0.25) is 0 Å². The Hall–Kier alpha value is -1.60. The highest BCUT2D eigenvalue weighted by atomic mass is 32.2. The molecule has 7 heteroatoms. The Morgan fingerprint density at radius 1 is 1.42 bits per heavy atom. The number of carboxylic acid groups (broad SMARTS) is 1. The number of sulfonamides is 1. The number of aromatic carboxylic acids is 1. The van der Waals surface area contributed by atoms with E-state index in [2.05, 4.69) is 4.72 Å². The van der Waals surface area contributed by atoms with Crippen LogP contribution in [0.4, 0.5) is 0 Å². The summed E-state index contributed by atoms with van der Waals surface area (Å²) in [5, 5.41) is 18.2. The SMILES string of the molecule is CCCC(C)NS(=O)(=O)c1ccc(O)c(C(=O)O)c1. The summed E-state index contributed by atoms with van der Waals surface area (Å²) in [6.07, 6.45) is 1.52. The zero-order valence-corrected chi connectivity index (χ0v) is 11.6. The molecule has 0 fully saturated rings. The molecule has 0 bridgehead atoms. The van der Waals surface area contributed by atoms with E-state index in [4.69, 9.17) is 5.11 Å². The van der Waals surface area contributed by atoms with Gasteiger partial charge in [-0.05, 0) is 31.5 Å². The molecule has 1 aromatic carbocycles. The molecule has 0 aliphatic heterocycles. The van der Waals surface area contributed by atoms with Gasteiger partial charge in [-0.1, -0.05) is 13.3 Å². The summed E-state index contributed by atoms with van der Waals surface area (Å²) in [5.41, 5.74) is -0.439. The van der Waals surface area contributed by atoms with E-state index in [1.165, 1.54) is 6.07 Å². The van der Waals surface area contributed by atoms with Crippen molar-refractivity contribution < 1.29 is 23.4 Å². The van der Waals surface area contributed by atoms with E-state index < -0.39 is 27.3 Å². The maximum absolute atomic E-state index is 12.0. The average Bonchev–Trinajstić information content (AvgIpc) is 2.28. The first-order chi connectivity index (χ1) is 8.77. The smallest absolute Gasteiger partial charge is 0.339 e. The molecule has 0 aromatic heterocycles. The third-order valence-corrected chi connectivity index (χ3v) is 4.17. The van der Waals surface area contributed by atoms with Crippen molar-refractivity contribution in [2.24, 2.45) is 0 Å². The van der Waals surface area contributed by atoms with E-state index >= 15 is 0 Å². The largest absolute Gasteiger partial charge is 0.507 e. The van der Waals surface area contributed by atoms with Crippen LogP contribution in [0.1, 0.15) is 37.0 Å². The molecule has 0 saturated heterocycles. The molecule has 0 radical (unpaired) electrons. The van der Waals surface area contributed by atoms with Crippen molar-refractivity contribution in [1.82, 2.24) is 4.72 Å². The summed E-state index contributed by atoms with van der Waals surface area (Å²) >= 11 is 0. The van der Waals surface area contributed by atoms with Gasteiger partial charge in [0, 0.05) is 6.04 Å². The average molecular weight is 287 g/mol. The van der Waals surface area contributed by atoms with Gasteiger partial charge in [-0.2, -0.15) is 0 Å². The second-order valence-corrected chi connectivity index (χ2v) is 6.01. The zero-order valence-electron chi connectivity index (χ0n) is 10.8. The summed E-state index contributed by atoms with van der Waals surface area (Å²) < 4.78 is 26.5. The molecule has 1 aromatic rings. The minimum atomic E-state index is -3.78. The normalized spacial score (nSPS) is 13.2. The molecular formula is C12H17NO5S. The fourth-order valence-corrected chi connectivity index (χ4v) is 2.98. The number of benzene rings is 1. The molecule has 0 heterocycles. The Morgan fingerprint density at radius 3 is 2.58 bits per heavy atom. The van der Waals surface area contributed by atoms with Gasteiger partial charge in [-0.15, -0.1) is 0 Å². The first-order valence-electron chi connectivity index (χ1n) is 5.86. The predicted molar refractivity (Wildman–Crippen MR) is 69.8 cm³/mol. The Morgan fingerprint density at radius 2 is 2.05 bits per heavy atom. The topological polar surface area (TPSA) is 104 Å². The van der Waals surface area contributed by atoms with Gasteiger partial charge in [0.1, 0.15) is 11.3 Å². The number of carbonyl (C=O) groups is 1. The predicted octanol–water partition coefficient (Wildman–Crippen LogP) is 1.56. The van der Waals surface area contributed by atoms with Crippen molar-refractivity contribution in [1.29, 1.82) is 0 Å². The van der Waals surface area contributed by atoms with Gasteiger partial charge in [-0.25, -0.2) is 17.9 Å². The number of hydrogen-bond donors (Lipinski definition) is 3. The summed E-state index contributed by atoms with van der Waals surface area (Å²) in [6.45, 7) is 3.67. The maximum Gasteiger partial charge on any atom is 0.339 e. The van der Waals surface area contributed by atoms with E-state index in [9.17, 15) is 18.3 Å². The van der Waals surface area contributed by atoms with Crippen LogP contribution in [-0.4, -0.2) is 30.6 Å². The van der Waals surface area contributed by atoms with Crippen molar-refractivity contribution in [3.05, 3.63) is 23.8 Å². The van der Waals surface area contributed by atoms with Crippen LogP contribution in [0, 0.1) is 0 Å². The van der Waals surface area contributed by atoms with Crippen LogP contribution in [0.3, 0.4) is 0 Å².